The highest BCUT2D eigenvalue weighted by Crippen LogP contribution is 2.51. The molecule has 19 heavy (non-hydrogen) atoms. The summed E-state index contributed by atoms with van der Waals surface area (Å²) in [5.41, 5.74) is 0.831. The van der Waals surface area contributed by atoms with Crippen molar-refractivity contribution in [2.75, 3.05) is 5.32 Å². The fourth-order valence-corrected chi connectivity index (χ4v) is 3.18. The van der Waals surface area contributed by atoms with E-state index >= 15 is 0 Å². The molecule has 0 spiro atoms. The van der Waals surface area contributed by atoms with Gasteiger partial charge in [0.25, 0.3) is 0 Å². The monoisotopic (exact) mass is 275 g/mol. The van der Waals surface area contributed by atoms with Gasteiger partial charge in [-0.25, -0.2) is 0 Å². The lowest BCUT2D eigenvalue weighted by Crippen LogP contribution is -2.15. The minimum absolute atomic E-state index is 0.156. The first-order valence-corrected chi connectivity index (χ1v) is 7.36. The van der Waals surface area contributed by atoms with Crippen LogP contribution in [-0.2, 0) is 4.79 Å². The number of amides is 1. The molecule has 1 N–H and O–H groups in total. The van der Waals surface area contributed by atoms with E-state index in [1.807, 2.05) is 12.1 Å². The van der Waals surface area contributed by atoms with E-state index in [0.717, 1.165) is 12.1 Å². The van der Waals surface area contributed by atoms with Crippen molar-refractivity contribution in [2.24, 2.45) is 17.8 Å². The highest BCUT2D eigenvalue weighted by molar-refractivity contribution is 6.30. The molecule has 0 bridgehead atoms. The van der Waals surface area contributed by atoms with Gasteiger partial charge in [-0.1, -0.05) is 30.2 Å². The Hall–Kier alpha value is -1.28. The van der Waals surface area contributed by atoms with Crippen molar-refractivity contribution in [3.8, 4) is 0 Å². The van der Waals surface area contributed by atoms with Crippen LogP contribution in [0.3, 0.4) is 0 Å². The maximum absolute atomic E-state index is 12.3. The Morgan fingerprint density at radius 2 is 2.00 bits per heavy atom. The molecule has 0 radical (unpaired) electrons. The van der Waals surface area contributed by atoms with Crippen LogP contribution in [0.5, 0.6) is 0 Å². The number of hydrogen-bond acceptors (Lipinski definition) is 1. The zero-order chi connectivity index (χ0) is 13.2. The number of allylic oxidation sites excluding steroid dienone is 2. The van der Waals surface area contributed by atoms with Crippen LogP contribution in [0.15, 0.2) is 36.4 Å². The zero-order valence-corrected chi connectivity index (χ0v) is 11.6. The van der Waals surface area contributed by atoms with Gasteiger partial charge >= 0.3 is 0 Å². The Balaban J connectivity index is 1.64. The third-order valence-corrected chi connectivity index (χ3v) is 4.41. The third-order valence-electron chi connectivity index (χ3n) is 4.16. The Morgan fingerprint density at radius 1 is 1.21 bits per heavy atom. The number of anilines is 1. The minimum atomic E-state index is 0.156. The average Bonchev–Trinajstić information content (AvgIpc) is 3.03. The van der Waals surface area contributed by atoms with Gasteiger partial charge in [-0.05, 0) is 55.4 Å². The number of halogens is 1. The van der Waals surface area contributed by atoms with Gasteiger partial charge in [-0.2, -0.15) is 0 Å². The van der Waals surface area contributed by atoms with Crippen LogP contribution in [0.4, 0.5) is 5.69 Å². The summed E-state index contributed by atoms with van der Waals surface area (Å²) in [6.45, 7) is 0. The van der Waals surface area contributed by atoms with Crippen LogP contribution < -0.4 is 5.32 Å². The molecule has 3 unspecified atom stereocenters. The molecule has 1 fully saturated rings. The number of benzene rings is 1. The topological polar surface area (TPSA) is 29.1 Å². The Morgan fingerprint density at radius 3 is 2.79 bits per heavy atom. The quantitative estimate of drug-likeness (QED) is 0.803. The molecule has 100 valence electrons. The van der Waals surface area contributed by atoms with Gasteiger partial charge in [0.2, 0.25) is 5.91 Å². The van der Waals surface area contributed by atoms with Crippen molar-refractivity contribution in [3.05, 3.63) is 41.4 Å². The van der Waals surface area contributed by atoms with Crippen LogP contribution in [0, 0.1) is 17.8 Å². The molecule has 2 aliphatic carbocycles. The van der Waals surface area contributed by atoms with Gasteiger partial charge in [0.1, 0.15) is 0 Å². The van der Waals surface area contributed by atoms with Gasteiger partial charge in [-0.3, -0.25) is 4.79 Å². The van der Waals surface area contributed by atoms with Gasteiger partial charge < -0.3 is 5.32 Å². The number of rotatable bonds is 2. The third kappa shape index (κ3) is 2.84. The SMILES string of the molecule is O=C(Nc1ccc(Cl)cc1)C1C2/C=C\CCCCC21. The van der Waals surface area contributed by atoms with Crippen molar-refractivity contribution in [3.63, 3.8) is 0 Å². The predicted octanol–water partition coefficient (Wildman–Crippen LogP) is 4.27. The van der Waals surface area contributed by atoms with Crippen LogP contribution in [-0.4, -0.2) is 5.91 Å². The minimum Gasteiger partial charge on any atom is -0.326 e. The Labute approximate surface area is 118 Å². The molecule has 1 aromatic rings. The molecule has 1 aromatic carbocycles. The maximum atomic E-state index is 12.3. The molecule has 0 saturated heterocycles. The normalized spacial score (nSPS) is 30.7. The Bertz CT molecular complexity index is 494. The van der Waals surface area contributed by atoms with E-state index in [1.54, 1.807) is 12.1 Å². The molecule has 0 heterocycles. The molecule has 3 rings (SSSR count). The largest absolute Gasteiger partial charge is 0.326 e. The summed E-state index contributed by atoms with van der Waals surface area (Å²) in [6, 6.07) is 7.29. The van der Waals surface area contributed by atoms with Crippen LogP contribution in [0.25, 0.3) is 0 Å². The summed E-state index contributed by atoms with van der Waals surface area (Å²) in [5, 5.41) is 3.69. The highest BCUT2D eigenvalue weighted by Gasteiger charge is 2.52. The van der Waals surface area contributed by atoms with Crippen LogP contribution in [0.2, 0.25) is 5.02 Å². The fourth-order valence-electron chi connectivity index (χ4n) is 3.06. The average molecular weight is 276 g/mol. The first-order valence-electron chi connectivity index (χ1n) is 6.99. The lowest BCUT2D eigenvalue weighted by molar-refractivity contribution is -0.117. The molecule has 3 atom stereocenters. The van der Waals surface area contributed by atoms with E-state index in [0.29, 0.717) is 16.9 Å². The molecule has 2 nitrogen and oxygen atoms in total. The predicted molar refractivity (Wildman–Crippen MR) is 78.2 cm³/mol. The van der Waals surface area contributed by atoms with Crippen molar-refractivity contribution >= 4 is 23.2 Å². The summed E-state index contributed by atoms with van der Waals surface area (Å²) in [7, 11) is 0. The number of carbonyl (C=O) groups is 1. The van der Waals surface area contributed by atoms with E-state index in [9.17, 15) is 4.79 Å². The molecule has 3 heteroatoms. The summed E-state index contributed by atoms with van der Waals surface area (Å²) in [6.07, 6.45) is 9.34. The van der Waals surface area contributed by atoms with E-state index in [4.69, 9.17) is 11.6 Å². The zero-order valence-electron chi connectivity index (χ0n) is 10.8. The molecule has 1 saturated carbocycles. The fraction of sp³-hybridized carbons (Fsp3) is 0.438. The number of hydrogen-bond donors (Lipinski definition) is 1. The number of fused-ring (bicyclic) bond motifs is 1. The number of carbonyl (C=O) groups excluding carboxylic acids is 1. The summed E-state index contributed by atoms with van der Waals surface area (Å²) in [5.74, 6) is 1.35. The second-order valence-corrected chi connectivity index (χ2v) is 5.91. The maximum Gasteiger partial charge on any atom is 0.228 e. The smallest absolute Gasteiger partial charge is 0.228 e. The van der Waals surface area contributed by atoms with E-state index < -0.39 is 0 Å². The van der Waals surface area contributed by atoms with Crippen LogP contribution >= 0.6 is 11.6 Å². The molecular weight excluding hydrogens is 258 g/mol. The lowest BCUT2D eigenvalue weighted by atomic mass is 10.1. The molecule has 2 aliphatic rings. The van der Waals surface area contributed by atoms with Crippen LogP contribution in [0.1, 0.15) is 25.7 Å². The van der Waals surface area contributed by atoms with Gasteiger partial charge in [0.05, 0.1) is 0 Å². The van der Waals surface area contributed by atoms with Crippen molar-refractivity contribution in [1.82, 2.24) is 0 Å². The summed E-state index contributed by atoms with van der Waals surface area (Å²) >= 11 is 5.84. The summed E-state index contributed by atoms with van der Waals surface area (Å²) in [4.78, 5) is 12.3. The number of nitrogens with one attached hydrogen (secondary N) is 1. The summed E-state index contributed by atoms with van der Waals surface area (Å²) < 4.78 is 0. The highest BCUT2D eigenvalue weighted by atomic mass is 35.5. The van der Waals surface area contributed by atoms with E-state index in [-0.39, 0.29) is 11.8 Å². The molecule has 1 amide bonds. The molecular formula is C16H18ClNO. The molecule has 0 aromatic heterocycles. The molecule has 0 aliphatic heterocycles. The van der Waals surface area contributed by atoms with Crippen molar-refractivity contribution in [1.29, 1.82) is 0 Å². The van der Waals surface area contributed by atoms with Gasteiger partial charge in [-0.15, -0.1) is 0 Å². The van der Waals surface area contributed by atoms with Gasteiger partial charge in [0.15, 0.2) is 0 Å². The first kappa shape index (κ1) is 12.7. The van der Waals surface area contributed by atoms with E-state index in [2.05, 4.69) is 17.5 Å². The van der Waals surface area contributed by atoms with E-state index in [1.165, 1.54) is 19.3 Å². The Kier molecular flexibility index (Phi) is 3.61. The standard InChI is InChI=1S/C16H18ClNO/c17-11-7-9-12(10-8-11)18-16(19)15-13-5-3-1-2-4-6-14(13)15/h3,5,7-10,13-15H,1-2,4,6H2,(H,18,19)/b5-3-. The second-order valence-electron chi connectivity index (χ2n) is 5.48. The van der Waals surface area contributed by atoms with Gasteiger partial charge in [0, 0.05) is 16.6 Å². The van der Waals surface area contributed by atoms with Crippen molar-refractivity contribution < 1.29 is 4.79 Å². The van der Waals surface area contributed by atoms with Crippen molar-refractivity contribution in [2.45, 2.75) is 25.7 Å². The first-order chi connectivity index (χ1) is 9.25. The lowest BCUT2D eigenvalue weighted by Gasteiger charge is -2.04. The second kappa shape index (κ2) is 5.38.